The molecule has 4 N–H and O–H groups in total. The number of carbonyl (C=O) groups is 2. The number of nitrogens with one attached hydrogen (secondary N) is 2. The van der Waals surface area contributed by atoms with Gasteiger partial charge in [0, 0.05) is 36.8 Å². The summed E-state index contributed by atoms with van der Waals surface area (Å²) in [6.07, 6.45) is 4.68. The van der Waals surface area contributed by atoms with Gasteiger partial charge in [0.05, 0.1) is 53.9 Å². The molecule has 258 valence electrons. The van der Waals surface area contributed by atoms with Crippen LogP contribution in [0.2, 0.25) is 0 Å². The van der Waals surface area contributed by atoms with Crippen LogP contribution in [-0.2, 0) is 25.6 Å². The van der Waals surface area contributed by atoms with Crippen LogP contribution in [0.5, 0.6) is 17.2 Å². The summed E-state index contributed by atoms with van der Waals surface area (Å²) in [5.41, 5.74) is 7.69. The smallest absolute Gasteiger partial charge is 0.407 e. The molecule has 4 aromatic rings. The van der Waals surface area contributed by atoms with E-state index in [9.17, 15) is 9.59 Å². The summed E-state index contributed by atoms with van der Waals surface area (Å²) < 4.78 is 40.5. The number of hydrogen-bond acceptors (Lipinski definition) is 13. The van der Waals surface area contributed by atoms with Crippen molar-refractivity contribution >= 4 is 40.9 Å². The minimum absolute atomic E-state index is 0.149. The number of carbonyl (C=O) groups excluding carboxylic acids is 2. The second-order valence-electron chi connectivity index (χ2n) is 9.82. The third-order valence-corrected chi connectivity index (χ3v) is 7.27. The molecule has 2 amide bonds. The van der Waals surface area contributed by atoms with Gasteiger partial charge in [-0.1, -0.05) is 42.1 Å². The van der Waals surface area contributed by atoms with Gasteiger partial charge in [0.2, 0.25) is 5.75 Å². The van der Waals surface area contributed by atoms with E-state index in [-0.39, 0.29) is 24.6 Å². The number of amides is 2. The van der Waals surface area contributed by atoms with Crippen LogP contribution in [0.3, 0.4) is 0 Å². The van der Waals surface area contributed by atoms with Crippen LogP contribution in [0.1, 0.15) is 15.9 Å². The summed E-state index contributed by atoms with van der Waals surface area (Å²) in [6.45, 7) is 2.92. The average Bonchev–Trinajstić information content (AvgIpc) is 3.59. The number of hydrogen-bond donors (Lipinski definition) is 3. The number of aromatic nitrogens is 3. The molecule has 0 saturated carbocycles. The quantitative estimate of drug-likeness (QED) is 0.0658. The van der Waals surface area contributed by atoms with Crippen LogP contribution < -0.4 is 30.6 Å². The van der Waals surface area contributed by atoms with Crippen LogP contribution >= 0.6 is 11.8 Å². The van der Waals surface area contributed by atoms with Crippen molar-refractivity contribution in [3.05, 3.63) is 66.0 Å². The molecule has 0 unspecified atom stereocenters. The molecule has 0 atom stereocenters. The zero-order valence-corrected chi connectivity index (χ0v) is 27.9. The number of nitrogens with zero attached hydrogens (tertiary/aromatic N) is 3. The highest BCUT2D eigenvalue weighted by Gasteiger charge is 2.21. The second kappa shape index (κ2) is 19.1. The highest BCUT2D eigenvalue weighted by atomic mass is 32.2. The normalized spacial score (nSPS) is 10.9. The van der Waals surface area contributed by atoms with Gasteiger partial charge in [0.15, 0.2) is 22.3 Å². The number of nitrogens with two attached hydrogens (primary N) is 1. The van der Waals surface area contributed by atoms with Gasteiger partial charge in [-0.2, -0.15) is 0 Å². The Labute approximate surface area is 282 Å². The molecule has 0 aliphatic carbocycles. The number of primary amides is 1. The number of fused-ring (bicyclic) bond motifs is 1. The molecule has 15 nitrogen and oxygen atoms in total. The van der Waals surface area contributed by atoms with Gasteiger partial charge >= 0.3 is 6.09 Å². The van der Waals surface area contributed by atoms with Gasteiger partial charge in [-0.3, -0.25) is 9.20 Å². The Morgan fingerprint density at radius 3 is 2.19 bits per heavy atom. The summed E-state index contributed by atoms with van der Waals surface area (Å²) in [5.74, 6) is 0.756. The van der Waals surface area contributed by atoms with Crippen LogP contribution in [0.4, 0.5) is 16.3 Å². The first-order valence-corrected chi connectivity index (χ1v) is 16.2. The van der Waals surface area contributed by atoms with Gasteiger partial charge in [-0.05, 0) is 11.8 Å². The Morgan fingerprint density at radius 2 is 1.56 bits per heavy atom. The Kier molecular flexibility index (Phi) is 14.4. The SMILES string of the molecule is COc1cc(Nc2nc(SC)n3ccnc3c2C(N)=O)cc(OC)c1OCCOCCOCCOCCNC(=O)OCc1ccccc1. The van der Waals surface area contributed by atoms with E-state index in [1.807, 2.05) is 36.6 Å². The first-order valence-electron chi connectivity index (χ1n) is 15.0. The highest BCUT2D eigenvalue weighted by molar-refractivity contribution is 7.98. The van der Waals surface area contributed by atoms with Gasteiger partial charge in [-0.15, -0.1) is 0 Å². The Hall–Kier alpha value is -4.77. The number of anilines is 2. The molecular weight excluding hydrogens is 644 g/mol. The summed E-state index contributed by atoms with van der Waals surface area (Å²) in [5, 5.41) is 6.41. The number of thioether (sulfide) groups is 1. The number of alkyl carbamates (subject to hydrolysis) is 1. The van der Waals surface area contributed by atoms with Crippen LogP contribution in [0.15, 0.2) is 60.0 Å². The number of imidazole rings is 1. The maximum atomic E-state index is 12.4. The molecule has 0 saturated heterocycles. The first-order chi connectivity index (χ1) is 23.4. The number of benzene rings is 2. The van der Waals surface area contributed by atoms with Gasteiger partial charge in [0.1, 0.15) is 24.6 Å². The average molecular weight is 685 g/mol. The van der Waals surface area contributed by atoms with E-state index in [0.717, 1.165) is 5.56 Å². The van der Waals surface area contributed by atoms with Crippen molar-refractivity contribution < 1.29 is 42.7 Å². The van der Waals surface area contributed by atoms with E-state index in [2.05, 4.69) is 20.6 Å². The standard InChI is InChI=1S/C32H40N6O9S/c1-41-24-19-23(36-29-26(28(33)39)30-34-9-11-38(30)31(37-29)48-3)20-25(42-2)27(24)46-18-17-45-16-15-44-14-13-43-12-10-35-32(40)47-21-22-7-5-4-6-8-22/h4-9,11,19-20,36H,10,12-18,21H2,1-3H3,(H2,33,39)(H,35,40). The number of methoxy groups -OCH3 is 2. The van der Waals surface area contributed by atoms with E-state index in [1.165, 1.54) is 26.0 Å². The Balaban J connectivity index is 1.14. The van der Waals surface area contributed by atoms with Crippen LogP contribution in [-0.4, -0.2) is 99.6 Å². The maximum Gasteiger partial charge on any atom is 0.407 e. The second-order valence-corrected chi connectivity index (χ2v) is 10.6. The highest BCUT2D eigenvalue weighted by Crippen LogP contribution is 2.41. The van der Waals surface area contributed by atoms with Gasteiger partial charge in [-0.25, -0.2) is 14.8 Å². The first kappa shape index (κ1) is 36.1. The lowest BCUT2D eigenvalue weighted by atomic mass is 10.2. The van der Waals surface area contributed by atoms with E-state index in [4.69, 9.17) is 38.9 Å². The lowest BCUT2D eigenvalue weighted by Gasteiger charge is -2.18. The molecule has 0 bridgehead atoms. The maximum absolute atomic E-state index is 12.4. The van der Waals surface area contributed by atoms with Crippen molar-refractivity contribution in [1.82, 2.24) is 19.7 Å². The molecule has 4 rings (SSSR count). The molecule has 0 spiro atoms. The third kappa shape index (κ3) is 10.4. The molecule has 2 aromatic heterocycles. The van der Waals surface area contributed by atoms with Crippen LogP contribution in [0.25, 0.3) is 5.65 Å². The van der Waals surface area contributed by atoms with E-state index in [0.29, 0.717) is 79.9 Å². The molecule has 0 radical (unpaired) electrons. The van der Waals surface area contributed by atoms with Gasteiger partial charge < -0.3 is 49.5 Å². The fraction of sp³-hybridized carbons (Fsp3) is 0.375. The zero-order chi connectivity index (χ0) is 34.1. The molecule has 0 aliphatic heterocycles. The lowest BCUT2D eigenvalue weighted by Crippen LogP contribution is -2.28. The van der Waals surface area contributed by atoms with E-state index in [1.54, 1.807) is 28.9 Å². The fourth-order valence-electron chi connectivity index (χ4n) is 4.39. The minimum atomic E-state index is -0.671. The fourth-order valence-corrected chi connectivity index (χ4v) is 4.92. The van der Waals surface area contributed by atoms with Crippen molar-refractivity contribution in [3.63, 3.8) is 0 Å². The van der Waals surface area contributed by atoms with Crippen molar-refractivity contribution in [1.29, 1.82) is 0 Å². The third-order valence-electron chi connectivity index (χ3n) is 6.61. The molecule has 2 aromatic carbocycles. The van der Waals surface area contributed by atoms with Crippen LogP contribution in [0, 0.1) is 0 Å². The lowest BCUT2D eigenvalue weighted by molar-refractivity contribution is 0.00952. The van der Waals surface area contributed by atoms with Crippen molar-refractivity contribution in [2.75, 3.05) is 78.6 Å². The predicted molar refractivity (Wildman–Crippen MR) is 179 cm³/mol. The molecular formula is C32H40N6O9S. The summed E-state index contributed by atoms with van der Waals surface area (Å²) in [4.78, 5) is 33.0. The monoisotopic (exact) mass is 684 g/mol. The van der Waals surface area contributed by atoms with Gasteiger partial charge in [0.25, 0.3) is 5.91 Å². The van der Waals surface area contributed by atoms with Crippen molar-refractivity contribution in [2.24, 2.45) is 5.73 Å². The summed E-state index contributed by atoms with van der Waals surface area (Å²) in [6, 6.07) is 12.8. The van der Waals surface area contributed by atoms with Crippen molar-refractivity contribution in [3.8, 4) is 17.2 Å². The Bertz CT molecular complexity index is 1600. The predicted octanol–water partition coefficient (Wildman–Crippen LogP) is 3.67. The number of ether oxygens (including phenoxy) is 7. The molecule has 16 heteroatoms. The molecule has 48 heavy (non-hydrogen) atoms. The summed E-state index contributed by atoms with van der Waals surface area (Å²) >= 11 is 1.40. The van der Waals surface area contributed by atoms with E-state index >= 15 is 0 Å². The largest absolute Gasteiger partial charge is 0.493 e. The molecule has 2 heterocycles. The minimum Gasteiger partial charge on any atom is -0.493 e. The topological polar surface area (TPSA) is 179 Å². The van der Waals surface area contributed by atoms with E-state index < -0.39 is 12.0 Å². The zero-order valence-electron chi connectivity index (χ0n) is 27.1. The summed E-state index contributed by atoms with van der Waals surface area (Å²) in [7, 11) is 3.02. The number of rotatable bonds is 21. The molecule has 0 fully saturated rings. The van der Waals surface area contributed by atoms with Crippen molar-refractivity contribution in [2.45, 2.75) is 11.8 Å². The Morgan fingerprint density at radius 1 is 0.917 bits per heavy atom. The molecule has 0 aliphatic rings.